The lowest BCUT2D eigenvalue weighted by Gasteiger charge is -2.39. The van der Waals surface area contributed by atoms with E-state index in [2.05, 4.69) is 59.2 Å². The summed E-state index contributed by atoms with van der Waals surface area (Å²) in [5, 5.41) is 0. The Bertz CT molecular complexity index is 1040. The van der Waals surface area contributed by atoms with Gasteiger partial charge in [-0.25, -0.2) is 0 Å². The summed E-state index contributed by atoms with van der Waals surface area (Å²) in [6.45, 7) is 8.00. The maximum absolute atomic E-state index is 12.1. The van der Waals surface area contributed by atoms with Crippen molar-refractivity contribution in [2.24, 2.45) is 0 Å². The number of esters is 1. The first-order valence-corrected chi connectivity index (χ1v) is 16.5. The Morgan fingerprint density at radius 1 is 0.875 bits per heavy atom. The van der Waals surface area contributed by atoms with Gasteiger partial charge in [-0.3, -0.25) is 9.69 Å². The number of carbonyl (C=O) groups is 1. The van der Waals surface area contributed by atoms with E-state index in [1.807, 2.05) is 11.8 Å². The molecule has 4 rings (SSSR count). The second-order valence-corrected chi connectivity index (χ2v) is 12.4. The van der Waals surface area contributed by atoms with Gasteiger partial charge in [0.25, 0.3) is 0 Å². The van der Waals surface area contributed by atoms with Crippen molar-refractivity contribution in [1.82, 2.24) is 9.80 Å². The molecule has 2 heterocycles. The van der Waals surface area contributed by atoms with Crippen LogP contribution in [0.25, 0.3) is 0 Å². The molecule has 6 heteroatoms. The molecule has 0 aromatic heterocycles. The molecular weight excluding hydrogens is 516 g/mol. The average Bonchev–Trinajstić information content (AvgIpc) is 3.15. The Hall–Kier alpha value is -2.02. The zero-order valence-electron chi connectivity index (χ0n) is 24.9. The zero-order chi connectivity index (χ0) is 28.0. The Balaban J connectivity index is 1.14. The quantitative estimate of drug-likeness (QED) is 0.152. The van der Waals surface area contributed by atoms with Gasteiger partial charge in [-0.15, -0.1) is 0 Å². The number of nitrogens with zero attached hydrogens (tertiary/aromatic N) is 2. The molecule has 1 unspecified atom stereocenters. The van der Waals surface area contributed by atoms with Crippen LogP contribution >= 0.6 is 11.8 Å². The van der Waals surface area contributed by atoms with Gasteiger partial charge in [0.2, 0.25) is 0 Å². The molecule has 0 aliphatic carbocycles. The number of benzene rings is 2. The van der Waals surface area contributed by atoms with Crippen LogP contribution in [0.1, 0.15) is 94.7 Å². The second-order valence-electron chi connectivity index (χ2n) is 11.4. The summed E-state index contributed by atoms with van der Waals surface area (Å²) in [4.78, 5) is 20.0. The first-order valence-electron chi connectivity index (χ1n) is 15.7. The minimum atomic E-state index is -0.0200. The molecule has 40 heavy (non-hydrogen) atoms. The first-order chi connectivity index (χ1) is 19.7. The number of piperazine rings is 1. The molecule has 0 saturated carbocycles. The third-order valence-electron chi connectivity index (χ3n) is 8.40. The van der Waals surface area contributed by atoms with Gasteiger partial charge in [0, 0.05) is 55.0 Å². The Morgan fingerprint density at radius 2 is 1.60 bits per heavy atom. The molecule has 0 spiro atoms. The molecule has 0 N–H and O–H groups in total. The van der Waals surface area contributed by atoms with Gasteiger partial charge in [0.05, 0.1) is 13.7 Å². The molecule has 2 aromatic carbocycles. The van der Waals surface area contributed by atoms with Crippen LogP contribution in [0, 0.1) is 0 Å². The average molecular weight is 567 g/mol. The smallest absolute Gasteiger partial charge is 0.305 e. The molecule has 1 fully saturated rings. The van der Waals surface area contributed by atoms with Gasteiger partial charge in [-0.2, -0.15) is 0 Å². The number of fused-ring (bicyclic) bond motifs is 2. The molecule has 2 aliphatic heterocycles. The molecule has 0 amide bonds. The van der Waals surface area contributed by atoms with E-state index in [0.29, 0.717) is 19.1 Å². The third-order valence-corrected chi connectivity index (χ3v) is 9.61. The Labute approximate surface area is 247 Å². The van der Waals surface area contributed by atoms with E-state index in [9.17, 15) is 4.79 Å². The van der Waals surface area contributed by atoms with Crippen LogP contribution in [0.4, 0.5) is 0 Å². The highest BCUT2D eigenvalue weighted by molar-refractivity contribution is 7.99. The summed E-state index contributed by atoms with van der Waals surface area (Å²) in [5.41, 5.74) is 2.81. The predicted molar refractivity (Wildman–Crippen MR) is 165 cm³/mol. The number of hydrogen-bond donors (Lipinski definition) is 0. The van der Waals surface area contributed by atoms with E-state index in [1.165, 1.54) is 65.9 Å². The Morgan fingerprint density at radius 3 is 2.35 bits per heavy atom. The second kappa shape index (κ2) is 17.1. The van der Waals surface area contributed by atoms with Crippen LogP contribution in [0.3, 0.4) is 0 Å². The Kier molecular flexibility index (Phi) is 13.2. The molecule has 0 radical (unpaired) electrons. The molecule has 5 nitrogen and oxygen atoms in total. The third kappa shape index (κ3) is 9.53. The van der Waals surface area contributed by atoms with E-state index in [4.69, 9.17) is 9.47 Å². The fourth-order valence-corrected chi connectivity index (χ4v) is 7.08. The van der Waals surface area contributed by atoms with E-state index < -0.39 is 0 Å². The minimum absolute atomic E-state index is 0.0200. The van der Waals surface area contributed by atoms with E-state index >= 15 is 0 Å². The van der Waals surface area contributed by atoms with Gasteiger partial charge >= 0.3 is 5.97 Å². The number of hydrogen-bond acceptors (Lipinski definition) is 6. The lowest BCUT2D eigenvalue weighted by atomic mass is 9.96. The maximum Gasteiger partial charge on any atom is 0.305 e. The summed E-state index contributed by atoms with van der Waals surface area (Å²) in [5.74, 6) is 0.912. The van der Waals surface area contributed by atoms with Crippen molar-refractivity contribution in [2.75, 3.05) is 46.4 Å². The van der Waals surface area contributed by atoms with Crippen LogP contribution in [-0.4, -0.2) is 62.2 Å². The number of rotatable bonds is 16. The van der Waals surface area contributed by atoms with E-state index in [-0.39, 0.29) is 5.97 Å². The molecule has 220 valence electrons. The van der Waals surface area contributed by atoms with Gasteiger partial charge in [-0.05, 0) is 54.7 Å². The summed E-state index contributed by atoms with van der Waals surface area (Å²) < 4.78 is 11.1. The molecule has 0 bridgehead atoms. The highest BCUT2D eigenvalue weighted by Crippen LogP contribution is 2.44. The summed E-state index contributed by atoms with van der Waals surface area (Å²) in [6.07, 6.45) is 13.9. The summed E-state index contributed by atoms with van der Waals surface area (Å²) in [6, 6.07) is 15.7. The lowest BCUT2D eigenvalue weighted by molar-refractivity contribution is -0.144. The van der Waals surface area contributed by atoms with Gasteiger partial charge in [0.15, 0.2) is 0 Å². The monoisotopic (exact) mass is 566 g/mol. The van der Waals surface area contributed by atoms with Crippen LogP contribution in [0.2, 0.25) is 0 Å². The molecular formula is C34H50N2O3S. The van der Waals surface area contributed by atoms with Crippen LogP contribution in [-0.2, 0) is 16.0 Å². The zero-order valence-corrected chi connectivity index (χ0v) is 25.7. The fraction of sp³-hybridized carbons (Fsp3) is 0.618. The molecule has 2 aromatic rings. The van der Waals surface area contributed by atoms with Crippen molar-refractivity contribution in [1.29, 1.82) is 0 Å². The van der Waals surface area contributed by atoms with Gasteiger partial charge in [0.1, 0.15) is 5.75 Å². The van der Waals surface area contributed by atoms with Gasteiger partial charge in [-0.1, -0.05) is 88.3 Å². The summed E-state index contributed by atoms with van der Waals surface area (Å²) >= 11 is 1.88. The van der Waals surface area contributed by atoms with Crippen molar-refractivity contribution in [3.8, 4) is 5.75 Å². The normalized spacial score (nSPS) is 17.6. The lowest BCUT2D eigenvalue weighted by Crippen LogP contribution is -2.48. The highest BCUT2D eigenvalue weighted by Gasteiger charge is 2.30. The molecule has 1 atom stereocenters. The number of methoxy groups -OCH3 is 1. The largest absolute Gasteiger partial charge is 0.497 e. The van der Waals surface area contributed by atoms with Crippen molar-refractivity contribution in [3.63, 3.8) is 0 Å². The number of unbranched alkanes of at least 4 members (excludes halogenated alkanes) is 8. The van der Waals surface area contributed by atoms with Gasteiger partial charge < -0.3 is 14.4 Å². The predicted octanol–water partition coefficient (Wildman–Crippen LogP) is 7.92. The van der Waals surface area contributed by atoms with Crippen molar-refractivity contribution >= 4 is 17.7 Å². The number of ether oxygens (including phenoxy) is 2. The fourth-order valence-electron chi connectivity index (χ4n) is 5.97. The van der Waals surface area contributed by atoms with Crippen molar-refractivity contribution in [2.45, 2.75) is 99.8 Å². The van der Waals surface area contributed by atoms with E-state index in [0.717, 1.165) is 64.2 Å². The minimum Gasteiger partial charge on any atom is -0.497 e. The summed E-state index contributed by atoms with van der Waals surface area (Å²) in [7, 11) is 1.75. The van der Waals surface area contributed by atoms with E-state index in [1.54, 1.807) is 7.11 Å². The SMILES string of the molecule is CCCCCCCCCCCC(=O)OCCCN1CCN(C2Cc3ccccc3Sc3ccc(OC)cc32)CC1. The molecule has 1 saturated heterocycles. The van der Waals surface area contributed by atoms with Crippen molar-refractivity contribution < 1.29 is 14.3 Å². The maximum atomic E-state index is 12.1. The van der Waals surface area contributed by atoms with Crippen LogP contribution in [0.15, 0.2) is 52.3 Å². The molecule has 2 aliphatic rings. The number of carbonyl (C=O) groups excluding carboxylic acids is 1. The van der Waals surface area contributed by atoms with Crippen LogP contribution < -0.4 is 4.74 Å². The van der Waals surface area contributed by atoms with Crippen molar-refractivity contribution in [3.05, 3.63) is 53.6 Å². The topological polar surface area (TPSA) is 42.0 Å². The standard InChI is InChI=1S/C34H50N2O3S/c1-3-4-5-6-7-8-9-10-11-17-34(37)39-25-14-20-35-21-23-36(24-22-35)31-26-28-15-12-13-16-32(28)40-33-19-18-29(38-2)27-30(31)33/h12-13,15-16,18-19,27,31H,3-11,14,17,20-26H2,1-2H3. The first kappa shape index (κ1) is 30.9. The highest BCUT2D eigenvalue weighted by atomic mass is 32.2. The van der Waals surface area contributed by atoms with Crippen LogP contribution in [0.5, 0.6) is 5.75 Å².